The highest BCUT2D eigenvalue weighted by Gasteiger charge is 1.98. The molecule has 0 heterocycles. The topological polar surface area (TPSA) is 66.6 Å². The number of rotatable bonds is 5. The Hall–Kier alpha value is -1.03. The molecule has 0 fully saturated rings. The Balaban J connectivity index is 3.87. The van der Waals surface area contributed by atoms with Gasteiger partial charge in [0.15, 0.2) is 0 Å². The number of amides is 1. The van der Waals surface area contributed by atoms with Crippen LogP contribution in [-0.2, 0) is 4.79 Å². The maximum Gasteiger partial charge on any atom is 0.245 e. The number of primary amides is 1. The number of hydrogen-bond acceptors (Lipinski definition) is 3. The highest BCUT2D eigenvalue weighted by Crippen LogP contribution is 1.95. The van der Waals surface area contributed by atoms with Crippen LogP contribution in [0.15, 0.2) is 11.8 Å². The summed E-state index contributed by atoms with van der Waals surface area (Å²) < 4.78 is 0. The number of aliphatic hydroxyl groups is 1. The monoisotopic (exact) mass is 172 g/mol. The van der Waals surface area contributed by atoms with Crippen molar-refractivity contribution in [3.05, 3.63) is 11.8 Å². The van der Waals surface area contributed by atoms with Crippen LogP contribution in [0.3, 0.4) is 0 Å². The minimum Gasteiger partial charge on any atom is -0.396 e. The van der Waals surface area contributed by atoms with Crippen LogP contribution < -0.4 is 5.73 Å². The second kappa shape index (κ2) is 5.60. The van der Waals surface area contributed by atoms with Crippen molar-refractivity contribution in [1.29, 1.82) is 0 Å². The Morgan fingerprint density at radius 3 is 2.67 bits per heavy atom. The molecule has 0 aromatic heterocycles. The average Bonchev–Trinajstić information content (AvgIpc) is 2.00. The fourth-order valence-corrected chi connectivity index (χ4v) is 0.779. The molecule has 4 heteroatoms. The molecule has 0 aromatic carbocycles. The normalized spacial score (nSPS) is 11.4. The Morgan fingerprint density at radius 1 is 1.67 bits per heavy atom. The highest BCUT2D eigenvalue weighted by atomic mass is 16.3. The smallest absolute Gasteiger partial charge is 0.245 e. The molecule has 4 nitrogen and oxygen atoms in total. The molecule has 3 N–H and O–H groups in total. The van der Waals surface area contributed by atoms with E-state index in [4.69, 9.17) is 10.8 Å². The van der Waals surface area contributed by atoms with E-state index in [9.17, 15) is 4.79 Å². The number of nitrogens with two attached hydrogens (primary N) is 1. The number of hydrogen-bond donors (Lipinski definition) is 2. The molecule has 70 valence electrons. The highest BCUT2D eigenvalue weighted by molar-refractivity contribution is 5.91. The Bertz CT molecular complexity index is 178. The minimum atomic E-state index is -0.411. The molecule has 0 saturated carbocycles. The lowest BCUT2D eigenvalue weighted by atomic mass is 10.3. The minimum absolute atomic E-state index is 0.161. The molecular formula is C8H16N2O2. The molecule has 0 unspecified atom stereocenters. The van der Waals surface area contributed by atoms with Gasteiger partial charge in [0.1, 0.15) is 0 Å². The van der Waals surface area contributed by atoms with Crippen molar-refractivity contribution in [3.63, 3.8) is 0 Å². The first-order valence-corrected chi connectivity index (χ1v) is 3.87. The summed E-state index contributed by atoms with van der Waals surface area (Å²) in [5.74, 6) is -0.411. The van der Waals surface area contributed by atoms with E-state index in [0.29, 0.717) is 12.0 Å². The van der Waals surface area contributed by atoms with Gasteiger partial charge in [0.25, 0.3) is 0 Å². The van der Waals surface area contributed by atoms with E-state index >= 15 is 0 Å². The maximum atomic E-state index is 10.6. The maximum absolute atomic E-state index is 10.6. The zero-order valence-electron chi connectivity index (χ0n) is 7.58. The summed E-state index contributed by atoms with van der Waals surface area (Å²) in [4.78, 5) is 12.4. The third-order valence-corrected chi connectivity index (χ3v) is 1.47. The zero-order valence-corrected chi connectivity index (χ0v) is 7.58. The molecule has 0 aliphatic heterocycles. The number of aliphatic hydroxyl groups excluding tert-OH is 1. The van der Waals surface area contributed by atoms with Crippen molar-refractivity contribution in [2.75, 3.05) is 20.2 Å². The Morgan fingerprint density at radius 2 is 2.25 bits per heavy atom. The van der Waals surface area contributed by atoms with E-state index in [1.165, 1.54) is 0 Å². The Labute approximate surface area is 72.7 Å². The second-order valence-electron chi connectivity index (χ2n) is 2.73. The summed E-state index contributed by atoms with van der Waals surface area (Å²) in [6.45, 7) is 2.55. The summed E-state index contributed by atoms with van der Waals surface area (Å²) in [6.07, 6.45) is 2.37. The van der Waals surface area contributed by atoms with Crippen LogP contribution in [0.2, 0.25) is 0 Å². The molecule has 0 radical (unpaired) electrons. The first-order chi connectivity index (χ1) is 5.57. The summed E-state index contributed by atoms with van der Waals surface area (Å²) in [7, 11) is 1.84. The third kappa shape index (κ3) is 4.73. The van der Waals surface area contributed by atoms with Gasteiger partial charge in [0.2, 0.25) is 5.91 Å². The van der Waals surface area contributed by atoms with Crippen LogP contribution in [0.4, 0.5) is 0 Å². The van der Waals surface area contributed by atoms with Gasteiger partial charge in [-0.05, 0) is 13.3 Å². The molecule has 0 saturated heterocycles. The van der Waals surface area contributed by atoms with E-state index in [1.807, 2.05) is 11.9 Å². The van der Waals surface area contributed by atoms with Crippen LogP contribution in [0.5, 0.6) is 0 Å². The molecular weight excluding hydrogens is 156 g/mol. The van der Waals surface area contributed by atoms with Crippen molar-refractivity contribution in [2.45, 2.75) is 13.3 Å². The summed E-state index contributed by atoms with van der Waals surface area (Å²) in [5.41, 5.74) is 5.55. The van der Waals surface area contributed by atoms with Crippen molar-refractivity contribution in [3.8, 4) is 0 Å². The van der Waals surface area contributed by atoms with Crippen LogP contribution in [0, 0.1) is 0 Å². The van der Waals surface area contributed by atoms with Gasteiger partial charge >= 0.3 is 0 Å². The molecule has 0 atom stereocenters. The molecule has 0 aromatic rings. The molecule has 0 spiro atoms. The largest absolute Gasteiger partial charge is 0.396 e. The van der Waals surface area contributed by atoms with Gasteiger partial charge < -0.3 is 15.7 Å². The summed E-state index contributed by atoms with van der Waals surface area (Å²) in [6, 6.07) is 0. The predicted molar refractivity (Wildman–Crippen MR) is 47.3 cm³/mol. The molecule has 0 aliphatic carbocycles. The zero-order chi connectivity index (χ0) is 9.56. The van der Waals surface area contributed by atoms with Gasteiger partial charge in [-0.1, -0.05) is 0 Å². The second-order valence-corrected chi connectivity index (χ2v) is 2.73. The van der Waals surface area contributed by atoms with Gasteiger partial charge in [-0.3, -0.25) is 4.79 Å². The van der Waals surface area contributed by atoms with E-state index in [2.05, 4.69) is 0 Å². The molecule has 0 bridgehead atoms. The molecule has 0 aliphatic rings. The summed E-state index contributed by atoms with van der Waals surface area (Å²) >= 11 is 0. The van der Waals surface area contributed by atoms with Gasteiger partial charge in [-0.15, -0.1) is 0 Å². The predicted octanol–water partition coefficient (Wildman–Crippen LogP) is -0.310. The molecule has 1 amide bonds. The number of nitrogens with zero attached hydrogens (tertiary/aromatic N) is 1. The lowest BCUT2D eigenvalue weighted by molar-refractivity contribution is -0.114. The standard InChI is InChI=1S/C8H16N2O2/c1-7(8(9)12)6-10(2)4-3-5-11/h6,11H,3-5H2,1-2H3,(H2,9,12). The van der Waals surface area contributed by atoms with Gasteiger partial charge in [0.05, 0.1) is 0 Å². The van der Waals surface area contributed by atoms with Gasteiger partial charge in [0, 0.05) is 32.0 Å². The van der Waals surface area contributed by atoms with Crippen molar-refractivity contribution < 1.29 is 9.90 Å². The van der Waals surface area contributed by atoms with Crippen molar-refractivity contribution >= 4 is 5.91 Å². The van der Waals surface area contributed by atoms with E-state index < -0.39 is 5.91 Å². The van der Waals surface area contributed by atoms with Crippen LogP contribution in [0.1, 0.15) is 13.3 Å². The van der Waals surface area contributed by atoms with Gasteiger partial charge in [-0.25, -0.2) is 0 Å². The van der Waals surface area contributed by atoms with Crippen molar-refractivity contribution in [1.82, 2.24) is 4.90 Å². The Kier molecular flexibility index (Phi) is 5.12. The van der Waals surface area contributed by atoms with Gasteiger partial charge in [-0.2, -0.15) is 0 Å². The van der Waals surface area contributed by atoms with E-state index in [0.717, 1.165) is 6.54 Å². The lowest BCUT2D eigenvalue weighted by Crippen LogP contribution is -2.18. The first-order valence-electron chi connectivity index (χ1n) is 3.87. The van der Waals surface area contributed by atoms with Crippen LogP contribution in [-0.4, -0.2) is 36.1 Å². The number of carbonyl (C=O) groups excluding carboxylic acids is 1. The first kappa shape index (κ1) is 11.0. The fourth-order valence-electron chi connectivity index (χ4n) is 0.779. The quantitative estimate of drug-likeness (QED) is 0.559. The fraction of sp³-hybridized carbons (Fsp3) is 0.625. The molecule has 0 rings (SSSR count). The van der Waals surface area contributed by atoms with E-state index in [-0.39, 0.29) is 6.61 Å². The van der Waals surface area contributed by atoms with Crippen molar-refractivity contribution in [2.24, 2.45) is 5.73 Å². The van der Waals surface area contributed by atoms with E-state index in [1.54, 1.807) is 13.1 Å². The van der Waals surface area contributed by atoms with Crippen LogP contribution in [0.25, 0.3) is 0 Å². The third-order valence-electron chi connectivity index (χ3n) is 1.47. The summed E-state index contributed by atoms with van der Waals surface area (Å²) in [5, 5.41) is 8.52. The number of carbonyl (C=O) groups is 1. The SMILES string of the molecule is CC(=CN(C)CCCO)C(N)=O. The average molecular weight is 172 g/mol. The lowest BCUT2D eigenvalue weighted by Gasteiger charge is -2.13. The molecule has 12 heavy (non-hydrogen) atoms. The van der Waals surface area contributed by atoms with Crippen LogP contribution >= 0.6 is 0 Å².